The van der Waals surface area contributed by atoms with E-state index in [0.717, 1.165) is 28.8 Å². The fraction of sp³-hybridized carbons (Fsp3) is 0.533. The summed E-state index contributed by atoms with van der Waals surface area (Å²) < 4.78 is 10.4. The minimum absolute atomic E-state index is 0.151. The highest BCUT2D eigenvalue weighted by molar-refractivity contribution is 7.09. The van der Waals surface area contributed by atoms with Crippen LogP contribution in [0.25, 0.3) is 10.9 Å². The summed E-state index contributed by atoms with van der Waals surface area (Å²) in [6, 6.07) is 8.10. The minimum atomic E-state index is -0.151. The van der Waals surface area contributed by atoms with Gasteiger partial charge in [0.05, 0.1) is 16.4 Å². The maximum absolute atomic E-state index is 6.48. The Balaban J connectivity index is 1.71. The third-order valence-electron chi connectivity index (χ3n) is 3.94. The van der Waals surface area contributed by atoms with Crippen molar-refractivity contribution in [3.05, 3.63) is 24.3 Å². The van der Waals surface area contributed by atoms with Crippen molar-refractivity contribution in [1.82, 2.24) is 4.37 Å². The zero-order valence-corrected chi connectivity index (χ0v) is 11.9. The average Bonchev–Trinajstić information content (AvgIpc) is 2.72. The van der Waals surface area contributed by atoms with E-state index in [9.17, 15) is 0 Å². The Morgan fingerprint density at radius 3 is 2.68 bits per heavy atom. The molecule has 102 valence electrons. The van der Waals surface area contributed by atoms with Gasteiger partial charge in [0.1, 0.15) is 6.61 Å². The van der Waals surface area contributed by atoms with Crippen LogP contribution in [0.1, 0.15) is 38.5 Å². The highest BCUT2D eigenvalue weighted by atomic mass is 32.1. The van der Waals surface area contributed by atoms with Gasteiger partial charge >= 0.3 is 0 Å². The molecule has 4 heteroatoms. The second-order valence-electron chi connectivity index (χ2n) is 5.55. The van der Waals surface area contributed by atoms with Crippen molar-refractivity contribution in [2.75, 3.05) is 6.61 Å². The summed E-state index contributed by atoms with van der Waals surface area (Å²) in [5.74, 6) is 0. The van der Waals surface area contributed by atoms with Crippen molar-refractivity contribution in [2.45, 2.75) is 44.1 Å². The molecule has 1 aliphatic carbocycles. The number of ether oxygens (including phenoxy) is 1. The topological polar surface area (TPSA) is 48.1 Å². The molecule has 0 spiro atoms. The van der Waals surface area contributed by atoms with E-state index in [1.165, 1.54) is 37.2 Å². The highest BCUT2D eigenvalue weighted by Gasteiger charge is 2.27. The van der Waals surface area contributed by atoms with Crippen LogP contribution in [-0.4, -0.2) is 16.5 Å². The molecule has 1 fully saturated rings. The van der Waals surface area contributed by atoms with E-state index in [-0.39, 0.29) is 5.54 Å². The zero-order chi connectivity index (χ0) is 13.1. The number of hydrogen-bond acceptors (Lipinski definition) is 4. The lowest BCUT2D eigenvalue weighted by atomic mass is 9.93. The lowest BCUT2D eigenvalue weighted by molar-refractivity contribution is 0.206. The van der Waals surface area contributed by atoms with E-state index >= 15 is 0 Å². The second-order valence-corrected chi connectivity index (χ2v) is 6.29. The third-order valence-corrected chi connectivity index (χ3v) is 4.73. The van der Waals surface area contributed by atoms with Crippen LogP contribution in [0, 0.1) is 0 Å². The predicted molar refractivity (Wildman–Crippen MR) is 79.7 cm³/mol. The smallest absolute Gasteiger partial charge is 0.201 e. The summed E-state index contributed by atoms with van der Waals surface area (Å²) in [5, 5.41) is 2.01. The summed E-state index contributed by atoms with van der Waals surface area (Å²) in [5.41, 5.74) is 7.34. The van der Waals surface area contributed by atoms with Gasteiger partial charge in [-0.05, 0) is 25.0 Å². The normalized spacial score (nSPS) is 19.2. The van der Waals surface area contributed by atoms with Crippen molar-refractivity contribution < 1.29 is 4.74 Å². The SMILES string of the molecule is NC1(COc2snc3ccccc23)CCCCCC1. The van der Waals surface area contributed by atoms with E-state index in [4.69, 9.17) is 10.5 Å². The number of benzene rings is 1. The van der Waals surface area contributed by atoms with Crippen LogP contribution in [0.3, 0.4) is 0 Å². The molecular weight excluding hydrogens is 256 g/mol. The first-order valence-corrected chi connectivity index (χ1v) is 7.80. The largest absolute Gasteiger partial charge is 0.480 e. The molecule has 0 aliphatic heterocycles. The zero-order valence-electron chi connectivity index (χ0n) is 11.1. The van der Waals surface area contributed by atoms with Crippen LogP contribution in [0.5, 0.6) is 5.06 Å². The van der Waals surface area contributed by atoms with E-state index in [1.807, 2.05) is 18.2 Å². The van der Waals surface area contributed by atoms with E-state index in [0.29, 0.717) is 6.61 Å². The second kappa shape index (κ2) is 5.47. The lowest BCUT2D eigenvalue weighted by Gasteiger charge is -2.27. The van der Waals surface area contributed by atoms with Crippen LogP contribution in [0.4, 0.5) is 0 Å². The Labute approximate surface area is 117 Å². The Bertz CT molecular complexity index is 544. The van der Waals surface area contributed by atoms with Crippen molar-refractivity contribution in [3.8, 4) is 5.06 Å². The molecule has 1 aromatic carbocycles. The molecule has 19 heavy (non-hydrogen) atoms. The molecule has 0 unspecified atom stereocenters. The van der Waals surface area contributed by atoms with Gasteiger partial charge < -0.3 is 10.5 Å². The first kappa shape index (κ1) is 12.9. The van der Waals surface area contributed by atoms with Crippen LogP contribution in [-0.2, 0) is 0 Å². The molecule has 2 aromatic rings. The van der Waals surface area contributed by atoms with Gasteiger partial charge in [0.25, 0.3) is 0 Å². The van der Waals surface area contributed by atoms with Crippen LogP contribution >= 0.6 is 11.5 Å². The summed E-state index contributed by atoms with van der Waals surface area (Å²) in [4.78, 5) is 0. The number of fused-ring (bicyclic) bond motifs is 1. The number of hydrogen-bond donors (Lipinski definition) is 1. The summed E-state index contributed by atoms with van der Waals surface area (Å²) in [6.07, 6.45) is 7.21. The van der Waals surface area contributed by atoms with Gasteiger partial charge in [0.15, 0.2) is 0 Å². The van der Waals surface area contributed by atoms with Crippen LogP contribution < -0.4 is 10.5 Å². The Hall–Kier alpha value is -1.13. The predicted octanol–water partition coefficient (Wildman–Crippen LogP) is 3.73. The monoisotopic (exact) mass is 276 g/mol. The van der Waals surface area contributed by atoms with Gasteiger partial charge in [0.2, 0.25) is 5.06 Å². The van der Waals surface area contributed by atoms with E-state index < -0.39 is 0 Å². The Morgan fingerprint density at radius 2 is 1.89 bits per heavy atom. The number of nitrogens with two attached hydrogens (primary N) is 1. The fourth-order valence-electron chi connectivity index (χ4n) is 2.76. The van der Waals surface area contributed by atoms with Gasteiger partial charge in [-0.2, -0.15) is 4.37 Å². The number of aromatic nitrogens is 1. The Kier molecular flexibility index (Phi) is 3.71. The van der Waals surface area contributed by atoms with E-state index in [2.05, 4.69) is 10.4 Å². The molecule has 1 saturated carbocycles. The van der Waals surface area contributed by atoms with Gasteiger partial charge in [-0.1, -0.05) is 37.8 Å². The minimum Gasteiger partial charge on any atom is -0.480 e. The number of rotatable bonds is 3. The van der Waals surface area contributed by atoms with Crippen LogP contribution in [0.2, 0.25) is 0 Å². The lowest BCUT2D eigenvalue weighted by Crippen LogP contribution is -2.45. The van der Waals surface area contributed by atoms with Gasteiger partial charge in [0, 0.05) is 11.5 Å². The molecule has 2 N–H and O–H groups in total. The van der Waals surface area contributed by atoms with Gasteiger partial charge in [-0.15, -0.1) is 0 Å². The fourth-order valence-corrected chi connectivity index (χ4v) is 3.48. The maximum Gasteiger partial charge on any atom is 0.201 e. The molecule has 0 amide bonds. The first-order chi connectivity index (χ1) is 9.27. The van der Waals surface area contributed by atoms with Crippen molar-refractivity contribution in [3.63, 3.8) is 0 Å². The molecule has 0 radical (unpaired) electrons. The van der Waals surface area contributed by atoms with Gasteiger partial charge in [-0.25, -0.2) is 0 Å². The number of nitrogens with zero attached hydrogens (tertiary/aromatic N) is 1. The quantitative estimate of drug-likeness (QED) is 0.869. The first-order valence-electron chi connectivity index (χ1n) is 7.03. The summed E-state index contributed by atoms with van der Waals surface area (Å²) >= 11 is 1.43. The summed E-state index contributed by atoms with van der Waals surface area (Å²) in [7, 11) is 0. The molecule has 3 rings (SSSR count). The van der Waals surface area contributed by atoms with Gasteiger partial charge in [-0.3, -0.25) is 0 Å². The van der Waals surface area contributed by atoms with Crippen LogP contribution in [0.15, 0.2) is 24.3 Å². The highest BCUT2D eigenvalue weighted by Crippen LogP contribution is 2.32. The molecule has 3 nitrogen and oxygen atoms in total. The van der Waals surface area contributed by atoms with E-state index in [1.54, 1.807) is 0 Å². The molecule has 1 heterocycles. The maximum atomic E-state index is 6.48. The van der Waals surface area contributed by atoms with Crippen molar-refractivity contribution in [2.24, 2.45) is 5.73 Å². The summed E-state index contributed by atoms with van der Waals surface area (Å²) in [6.45, 7) is 0.610. The molecule has 0 atom stereocenters. The molecule has 1 aromatic heterocycles. The van der Waals surface area contributed by atoms with Crippen molar-refractivity contribution in [1.29, 1.82) is 0 Å². The molecule has 0 bridgehead atoms. The molecule has 1 aliphatic rings. The van der Waals surface area contributed by atoms with Crippen molar-refractivity contribution >= 4 is 22.4 Å². The average molecular weight is 276 g/mol. The molecule has 0 saturated heterocycles. The standard InChI is InChI=1S/C15H20N2OS/c16-15(9-5-1-2-6-10-15)11-18-14-12-7-3-4-8-13(12)17-19-14/h3-4,7-8H,1-2,5-6,9-11,16H2. The molecular formula is C15H20N2OS. The Morgan fingerprint density at radius 1 is 1.16 bits per heavy atom. The third kappa shape index (κ3) is 2.90.